The molecule has 1 aliphatic carbocycles. The molecule has 1 N–H and O–H groups in total. The molecule has 25 heavy (non-hydrogen) atoms. The molecule has 138 valence electrons. The second-order valence-electron chi connectivity index (χ2n) is 5.85. The summed E-state index contributed by atoms with van der Waals surface area (Å²) in [6, 6.07) is 3.78. The van der Waals surface area contributed by atoms with Crippen LogP contribution in [0.4, 0.5) is 0 Å². The summed E-state index contributed by atoms with van der Waals surface area (Å²) >= 11 is 3.44. The van der Waals surface area contributed by atoms with Crippen molar-refractivity contribution < 1.29 is 23.8 Å². The van der Waals surface area contributed by atoms with Crippen molar-refractivity contribution in [3.63, 3.8) is 0 Å². The maximum atomic E-state index is 12.2. The molecule has 1 atom stereocenters. The van der Waals surface area contributed by atoms with E-state index in [0.717, 1.165) is 17.3 Å². The highest BCUT2D eigenvalue weighted by molar-refractivity contribution is 9.10. The molecule has 1 aliphatic rings. The first-order valence-corrected chi connectivity index (χ1v) is 9.31. The SMILES string of the molecule is CCOc1cc(Br)c(CC(=O)O[C@@H](C)C(=O)NC2CC2)cc1OCC. The lowest BCUT2D eigenvalue weighted by atomic mass is 10.1. The Hall–Kier alpha value is -1.76. The normalized spacial score (nSPS) is 14.6. The summed E-state index contributed by atoms with van der Waals surface area (Å²) in [5.41, 5.74) is 0.715. The minimum Gasteiger partial charge on any atom is -0.490 e. The van der Waals surface area contributed by atoms with Crippen LogP contribution in [-0.4, -0.2) is 37.2 Å². The standard InChI is InChI=1S/C18H24BrNO5/c1-4-23-15-8-12(14(19)10-16(15)24-5-2)9-17(21)25-11(3)18(22)20-13-6-7-13/h8,10-11,13H,4-7,9H2,1-3H3,(H,20,22)/t11-/m0/s1. The van der Waals surface area contributed by atoms with Crippen LogP contribution in [0.3, 0.4) is 0 Å². The van der Waals surface area contributed by atoms with Crippen molar-refractivity contribution >= 4 is 27.8 Å². The third kappa shape index (κ3) is 5.92. The number of hydrogen-bond acceptors (Lipinski definition) is 5. The topological polar surface area (TPSA) is 73.9 Å². The fourth-order valence-electron chi connectivity index (χ4n) is 2.24. The van der Waals surface area contributed by atoms with E-state index in [1.807, 2.05) is 13.8 Å². The van der Waals surface area contributed by atoms with Gasteiger partial charge in [-0.3, -0.25) is 9.59 Å². The van der Waals surface area contributed by atoms with Crippen molar-refractivity contribution in [3.8, 4) is 11.5 Å². The van der Waals surface area contributed by atoms with Crippen LogP contribution < -0.4 is 14.8 Å². The first-order valence-electron chi connectivity index (χ1n) is 8.52. The summed E-state index contributed by atoms with van der Waals surface area (Å²) in [6.07, 6.45) is 1.21. The van der Waals surface area contributed by atoms with Crippen LogP contribution in [0.5, 0.6) is 11.5 Å². The van der Waals surface area contributed by atoms with Gasteiger partial charge in [0.05, 0.1) is 19.6 Å². The molecule has 0 radical (unpaired) electrons. The molecule has 7 heteroatoms. The van der Waals surface area contributed by atoms with E-state index in [2.05, 4.69) is 21.2 Å². The van der Waals surface area contributed by atoms with Crippen LogP contribution in [0.25, 0.3) is 0 Å². The second-order valence-corrected chi connectivity index (χ2v) is 6.70. The number of hydrogen-bond donors (Lipinski definition) is 1. The Morgan fingerprint density at radius 3 is 2.36 bits per heavy atom. The fourth-order valence-corrected chi connectivity index (χ4v) is 2.71. The van der Waals surface area contributed by atoms with Gasteiger partial charge in [0.2, 0.25) is 0 Å². The van der Waals surface area contributed by atoms with Gasteiger partial charge in [0, 0.05) is 10.5 Å². The molecule has 1 saturated carbocycles. The van der Waals surface area contributed by atoms with Crippen LogP contribution >= 0.6 is 15.9 Å². The Kier molecular flexibility index (Phi) is 7.11. The molecular formula is C18H24BrNO5. The third-order valence-electron chi connectivity index (χ3n) is 3.65. The zero-order chi connectivity index (χ0) is 18.4. The van der Waals surface area contributed by atoms with Crippen LogP contribution in [0.15, 0.2) is 16.6 Å². The van der Waals surface area contributed by atoms with Crippen molar-refractivity contribution in [2.24, 2.45) is 0 Å². The van der Waals surface area contributed by atoms with E-state index in [9.17, 15) is 9.59 Å². The summed E-state index contributed by atoms with van der Waals surface area (Å²) in [4.78, 5) is 24.0. The minimum atomic E-state index is -0.805. The number of halogens is 1. The number of benzene rings is 1. The first-order chi connectivity index (χ1) is 11.9. The molecule has 0 aliphatic heterocycles. The maximum absolute atomic E-state index is 12.2. The van der Waals surface area contributed by atoms with Gasteiger partial charge in [-0.15, -0.1) is 0 Å². The van der Waals surface area contributed by atoms with Gasteiger partial charge in [-0.05, 0) is 51.3 Å². The highest BCUT2D eigenvalue weighted by Crippen LogP contribution is 2.34. The largest absolute Gasteiger partial charge is 0.490 e. The van der Waals surface area contributed by atoms with Crippen LogP contribution in [0, 0.1) is 0 Å². The molecule has 0 bridgehead atoms. The van der Waals surface area contributed by atoms with Crippen LogP contribution in [-0.2, 0) is 20.7 Å². The number of esters is 1. The second kappa shape index (κ2) is 9.08. The molecule has 0 unspecified atom stereocenters. The van der Waals surface area contributed by atoms with Crippen LogP contribution in [0.1, 0.15) is 39.2 Å². The summed E-state index contributed by atoms with van der Waals surface area (Å²) in [6.45, 7) is 6.36. The monoisotopic (exact) mass is 413 g/mol. The van der Waals surface area contributed by atoms with Crippen molar-refractivity contribution in [3.05, 3.63) is 22.2 Å². The molecule has 1 fully saturated rings. The molecule has 1 amide bonds. The van der Waals surface area contributed by atoms with E-state index in [0.29, 0.717) is 30.3 Å². The number of nitrogens with one attached hydrogen (secondary N) is 1. The van der Waals surface area contributed by atoms with Gasteiger partial charge < -0.3 is 19.5 Å². The maximum Gasteiger partial charge on any atom is 0.311 e. The van der Waals surface area contributed by atoms with E-state index in [4.69, 9.17) is 14.2 Å². The molecule has 2 rings (SSSR count). The van der Waals surface area contributed by atoms with Gasteiger partial charge in [0.15, 0.2) is 17.6 Å². The van der Waals surface area contributed by atoms with Gasteiger partial charge in [-0.25, -0.2) is 0 Å². The summed E-state index contributed by atoms with van der Waals surface area (Å²) < 4.78 is 17.1. The predicted octanol–water partition coefficient (Wildman–Crippen LogP) is 3.00. The predicted molar refractivity (Wildman–Crippen MR) is 96.9 cm³/mol. The van der Waals surface area contributed by atoms with E-state index in [1.165, 1.54) is 0 Å². The molecule has 0 heterocycles. The smallest absolute Gasteiger partial charge is 0.311 e. The number of amides is 1. The molecule has 6 nitrogen and oxygen atoms in total. The van der Waals surface area contributed by atoms with Gasteiger partial charge in [0.25, 0.3) is 5.91 Å². The highest BCUT2D eigenvalue weighted by Gasteiger charge is 2.27. The average Bonchev–Trinajstić information content (AvgIpc) is 3.36. The summed E-state index contributed by atoms with van der Waals surface area (Å²) in [7, 11) is 0. The minimum absolute atomic E-state index is 0.0358. The summed E-state index contributed by atoms with van der Waals surface area (Å²) in [5.74, 6) is 0.475. The molecule has 1 aromatic carbocycles. The number of rotatable bonds is 9. The summed E-state index contributed by atoms with van der Waals surface area (Å²) in [5, 5.41) is 2.82. The zero-order valence-corrected chi connectivity index (χ0v) is 16.4. The van der Waals surface area contributed by atoms with Gasteiger partial charge in [-0.1, -0.05) is 15.9 Å². The lowest BCUT2D eigenvalue weighted by molar-refractivity contribution is -0.154. The molecular weight excluding hydrogens is 390 g/mol. The van der Waals surface area contributed by atoms with Gasteiger partial charge >= 0.3 is 5.97 Å². The molecule has 0 spiro atoms. The molecule has 0 aromatic heterocycles. The van der Waals surface area contributed by atoms with Crippen molar-refractivity contribution in [1.29, 1.82) is 0 Å². The van der Waals surface area contributed by atoms with Crippen molar-refractivity contribution in [2.75, 3.05) is 13.2 Å². The fraction of sp³-hybridized carbons (Fsp3) is 0.556. The van der Waals surface area contributed by atoms with Crippen molar-refractivity contribution in [2.45, 2.75) is 52.2 Å². The Labute approximate surface area is 156 Å². The number of carbonyl (C=O) groups is 2. The van der Waals surface area contributed by atoms with E-state index < -0.39 is 12.1 Å². The van der Waals surface area contributed by atoms with Crippen molar-refractivity contribution in [1.82, 2.24) is 5.32 Å². The number of ether oxygens (including phenoxy) is 3. The lowest BCUT2D eigenvalue weighted by Gasteiger charge is -2.16. The van der Waals surface area contributed by atoms with Gasteiger partial charge in [0.1, 0.15) is 0 Å². The Bertz CT molecular complexity index is 630. The lowest BCUT2D eigenvalue weighted by Crippen LogP contribution is -2.37. The quantitative estimate of drug-likeness (QED) is 0.629. The average molecular weight is 414 g/mol. The van der Waals surface area contributed by atoms with Crippen LogP contribution in [0.2, 0.25) is 0 Å². The Morgan fingerprint density at radius 1 is 1.20 bits per heavy atom. The molecule has 0 saturated heterocycles. The third-order valence-corrected chi connectivity index (χ3v) is 4.39. The van der Waals surface area contributed by atoms with E-state index >= 15 is 0 Å². The van der Waals surface area contributed by atoms with Gasteiger partial charge in [-0.2, -0.15) is 0 Å². The van der Waals surface area contributed by atoms with E-state index in [-0.39, 0.29) is 18.4 Å². The number of carbonyl (C=O) groups excluding carboxylic acids is 2. The first kappa shape index (κ1) is 19.6. The Morgan fingerprint density at radius 2 is 1.80 bits per heavy atom. The molecule has 1 aromatic rings. The highest BCUT2D eigenvalue weighted by atomic mass is 79.9. The Balaban J connectivity index is 2.00. The zero-order valence-electron chi connectivity index (χ0n) is 14.8. The van der Waals surface area contributed by atoms with E-state index in [1.54, 1.807) is 19.1 Å².